The molecule has 0 aromatic carbocycles. The Balaban J connectivity index is 1.70. The first kappa shape index (κ1) is 24.3. The Hall–Kier alpha value is -1.32. The third-order valence-electron chi connectivity index (χ3n) is 3.97. The van der Waals surface area contributed by atoms with Crippen molar-refractivity contribution >= 4 is 34.2 Å². The van der Waals surface area contributed by atoms with Crippen LogP contribution < -0.4 is 5.56 Å². The average Bonchev–Trinajstić information content (AvgIpc) is 3.13. The summed E-state index contributed by atoms with van der Waals surface area (Å²) in [4.78, 5) is 58.0. The third-order valence-corrected chi connectivity index (χ3v) is 9.20. The molecule has 0 amide bonds. The van der Waals surface area contributed by atoms with Gasteiger partial charge in [0.1, 0.15) is 18.3 Å². The molecule has 1 saturated heterocycles. The van der Waals surface area contributed by atoms with E-state index in [0.29, 0.717) is 0 Å². The van der Waals surface area contributed by atoms with Crippen LogP contribution in [0.4, 0.5) is 0 Å². The molecule has 20 heteroatoms. The molecule has 0 bridgehead atoms. The molecule has 2 aromatic rings. The van der Waals surface area contributed by atoms with E-state index in [2.05, 4.69) is 23.8 Å². The van der Waals surface area contributed by atoms with Crippen molar-refractivity contribution in [2.45, 2.75) is 24.5 Å². The van der Waals surface area contributed by atoms with E-state index in [1.807, 2.05) is 0 Å². The number of nitrogens with one attached hydrogen (secondary N) is 1. The first-order valence-electron chi connectivity index (χ1n) is 8.16. The number of imidazole rings is 1. The van der Waals surface area contributed by atoms with E-state index in [1.54, 1.807) is 0 Å². The van der Waals surface area contributed by atoms with Gasteiger partial charge in [-0.3, -0.25) is 23.0 Å². The van der Waals surface area contributed by atoms with Crippen molar-refractivity contribution in [1.82, 2.24) is 19.5 Å². The molecule has 1 aliphatic heterocycles. The highest BCUT2D eigenvalue weighted by Crippen LogP contribution is 2.65. The summed E-state index contributed by atoms with van der Waals surface area (Å²) in [5.74, 6) is -1.73. The van der Waals surface area contributed by atoms with Crippen molar-refractivity contribution in [3.63, 3.8) is 0 Å². The smallest absolute Gasteiger partial charge is 0.387 e. The van der Waals surface area contributed by atoms with Gasteiger partial charge in [-0.1, -0.05) is 0 Å². The van der Waals surface area contributed by atoms with Crippen LogP contribution in [0, 0.1) is 0 Å². The number of aromatic amines is 1. The molecule has 4 unspecified atom stereocenters. The fourth-order valence-electron chi connectivity index (χ4n) is 2.76. The lowest BCUT2D eigenvalue weighted by atomic mass is 10.1. The van der Waals surface area contributed by atoms with Gasteiger partial charge in [0.25, 0.3) is 5.56 Å². The summed E-state index contributed by atoms with van der Waals surface area (Å²) >= 11 is 0. The number of ether oxygens (including phenoxy) is 1. The van der Waals surface area contributed by atoms with Crippen LogP contribution in [-0.2, 0) is 27.3 Å². The van der Waals surface area contributed by atoms with Crippen LogP contribution in [0.5, 0.6) is 0 Å². The zero-order valence-corrected chi connectivity index (χ0v) is 17.8. The van der Waals surface area contributed by atoms with Crippen LogP contribution >= 0.6 is 23.0 Å². The molecule has 3 heterocycles. The van der Waals surface area contributed by atoms with Crippen molar-refractivity contribution in [3.05, 3.63) is 23.0 Å². The second-order valence-corrected chi connectivity index (χ2v) is 12.0. The van der Waals surface area contributed by atoms with Gasteiger partial charge in [0, 0.05) is 0 Å². The summed E-state index contributed by atoms with van der Waals surface area (Å²) in [6, 6.07) is 0. The number of aliphatic hydroxyl groups excluding tert-OH is 2. The topological polar surface area (TPSA) is 264 Å². The largest absolute Gasteiger partial charge is 0.479 e. The molecule has 7 N–H and O–H groups in total. The van der Waals surface area contributed by atoms with Gasteiger partial charge in [-0.05, 0) is 0 Å². The van der Waals surface area contributed by atoms with E-state index in [-0.39, 0.29) is 11.2 Å². The lowest BCUT2D eigenvalue weighted by Crippen LogP contribution is -2.33. The molecule has 0 radical (unpaired) electrons. The van der Waals surface area contributed by atoms with E-state index in [0.717, 1.165) is 17.2 Å². The quantitative estimate of drug-likeness (QED) is 0.195. The van der Waals surface area contributed by atoms with Gasteiger partial charge < -0.3 is 39.5 Å². The number of H-pyrrole nitrogens is 1. The maximum Gasteiger partial charge on any atom is 0.479 e. The molecule has 1 aliphatic rings. The first-order valence-corrected chi connectivity index (χ1v) is 13.2. The van der Waals surface area contributed by atoms with E-state index in [9.17, 15) is 38.5 Å². The predicted molar refractivity (Wildman–Crippen MR) is 97.7 cm³/mol. The summed E-state index contributed by atoms with van der Waals surface area (Å²) in [5, 5.41) is 20.4. The highest BCUT2D eigenvalue weighted by molar-refractivity contribution is 7.73. The third kappa shape index (κ3) is 5.73. The van der Waals surface area contributed by atoms with E-state index in [4.69, 9.17) is 14.5 Å². The van der Waals surface area contributed by atoms with Crippen LogP contribution in [0.25, 0.3) is 11.2 Å². The lowest BCUT2D eigenvalue weighted by Gasteiger charge is -2.19. The number of fused-ring (bicyclic) bond motifs is 1. The summed E-state index contributed by atoms with van der Waals surface area (Å²) in [5.41, 5.74) is -0.639. The lowest BCUT2D eigenvalue weighted by molar-refractivity contribution is -0.0501. The summed E-state index contributed by atoms with van der Waals surface area (Å²) < 4.78 is 49.1. The van der Waals surface area contributed by atoms with E-state index >= 15 is 0 Å². The maximum absolute atomic E-state index is 11.8. The van der Waals surface area contributed by atoms with E-state index < -0.39 is 65.6 Å². The molecule has 31 heavy (non-hydrogen) atoms. The number of hydrogen-bond acceptors (Lipinski definition) is 11. The second kappa shape index (κ2) is 8.56. The van der Waals surface area contributed by atoms with Crippen molar-refractivity contribution in [1.29, 1.82) is 0 Å². The van der Waals surface area contributed by atoms with Gasteiger partial charge in [-0.25, -0.2) is 18.8 Å². The summed E-state index contributed by atoms with van der Waals surface area (Å²) in [6.07, 6.45) is -3.90. The maximum atomic E-state index is 11.8. The van der Waals surface area contributed by atoms with Crippen LogP contribution in [-0.4, -0.2) is 80.1 Å². The minimum absolute atomic E-state index is 0.0105. The van der Waals surface area contributed by atoms with E-state index in [1.165, 1.54) is 0 Å². The average molecular weight is 506 g/mol. The van der Waals surface area contributed by atoms with Crippen molar-refractivity contribution in [3.8, 4) is 0 Å². The standard InChI is InChI=1S/C11H17N4O13P3/c16-7-5(1-26-31(24,25)28-30(22,23)4-29(19,20)21)27-11(8(7)17)15-3-14-6-9(15)12-2-13-10(6)18/h2-3,5,7-8,11,16-17H,1,4H2,(H,22,23)(H,24,25)(H,12,13,18)(H2,19,20,21)/t5-,7?,8?,11-/m1/s1. The molecule has 3 rings (SSSR count). The highest BCUT2D eigenvalue weighted by atomic mass is 31.3. The molecular weight excluding hydrogens is 489 g/mol. The zero-order chi connectivity index (χ0) is 23.2. The molecule has 2 aromatic heterocycles. The Morgan fingerprint density at radius 1 is 1.13 bits per heavy atom. The Labute approximate surface area is 171 Å². The van der Waals surface area contributed by atoms with Crippen molar-refractivity contribution in [2.24, 2.45) is 0 Å². The number of aromatic nitrogens is 4. The summed E-state index contributed by atoms with van der Waals surface area (Å²) in [6.45, 7) is -0.931. The molecule has 0 spiro atoms. The highest BCUT2D eigenvalue weighted by Gasteiger charge is 2.46. The van der Waals surface area contributed by atoms with Gasteiger partial charge in [0.05, 0.1) is 19.3 Å². The van der Waals surface area contributed by atoms with Crippen molar-refractivity contribution < 1.29 is 57.1 Å². The monoisotopic (exact) mass is 506 g/mol. The molecule has 6 atom stereocenters. The molecule has 1 fully saturated rings. The minimum Gasteiger partial charge on any atom is -0.387 e. The Kier molecular flexibility index (Phi) is 6.71. The fraction of sp³-hybridized carbons (Fsp3) is 0.545. The SMILES string of the molecule is O=c1[nH]cnc2c1ncn2[C@@H]1O[C@H](COP(=O)(O)OP(=O)(O)CP(=O)(O)O)C(O)C1O. The van der Waals surface area contributed by atoms with Crippen LogP contribution in [0.1, 0.15) is 6.23 Å². The Bertz CT molecular complexity index is 1160. The van der Waals surface area contributed by atoms with Crippen LogP contribution in [0.2, 0.25) is 0 Å². The normalized spacial score (nSPS) is 28.5. The van der Waals surface area contributed by atoms with Gasteiger partial charge in [0.2, 0.25) is 0 Å². The van der Waals surface area contributed by atoms with Gasteiger partial charge in [-0.2, -0.15) is 0 Å². The zero-order valence-electron chi connectivity index (χ0n) is 15.1. The van der Waals surface area contributed by atoms with Crippen LogP contribution in [0.15, 0.2) is 17.4 Å². The Morgan fingerprint density at radius 2 is 1.81 bits per heavy atom. The molecule has 0 aliphatic carbocycles. The van der Waals surface area contributed by atoms with Crippen molar-refractivity contribution in [2.75, 3.05) is 12.5 Å². The van der Waals surface area contributed by atoms with Gasteiger partial charge in [0.15, 0.2) is 23.3 Å². The second-order valence-electron chi connectivity index (χ2n) is 6.39. The summed E-state index contributed by atoms with van der Waals surface area (Å²) in [7, 11) is -15.6. The molecular formula is C11H17N4O13P3. The number of phosphoric acid groups is 1. The number of phosphoric ester groups is 1. The number of hydrogen-bond donors (Lipinski definition) is 7. The Morgan fingerprint density at radius 3 is 2.45 bits per heavy atom. The number of nitrogens with zero attached hydrogens (tertiary/aromatic N) is 3. The number of rotatable bonds is 8. The molecule has 174 valence electrons. The minimum atomic E-state index is -5.33. The molecule has 0 saturated carbocycles. The first-order chi connectivity index (χ1) is 14.2. The van der Waals surface area contributed by atoms with Gasteiger partial charge >= 0.3 is 23.0 Å². The van der Waals surface area contributed by atoms with Gasteiger partial charge in [-0.15, -0.1) is 0 Å². The molecule has 17 nitrogen and oxygen atoms in total. The predicted octanol–water partition coefficient (Wildman–Crippen LogP) is -1.81. The number of aliphatic hydroxyl groups is 2. The van der Waals surface area contributed by atoms with Crippen LogP contribution in [0.3, 0.4) is 0 Å². The fourth-order valence-corrected chi connectivity index (χ4v) is 7.10.